The van der Waals surface area contributed by atoms with Crippen molar-refractivity contribution in [1.82, 2.24) is 0 Å². The van der Waals surface area contributed by atoms with Crippen molar-refractivity contribution in [3.8, 4) is 55.6 Å². The molecule has 1 heteroatoms. The number of hydrogen-bond donors (Lipinski definition) is 0. The van der Waals surface area contributed by atoms with Gasteiger partial charge in [0, 0.05) is 22.2 Å². The van der Waals surface area contributed by atoms with Crippen LogP contribution >= 0.6 is 0 Å². The Morgan fingerprint density at radius 1 is 0.308 bits per heavy atom. The van der Waals surface area contributed by atoms with E-state index in [0.29, 0.717) is 0 Å². The Balaban J connectivity index is 1.00. The maximum Gasteiger partial charge on any atom is 0.0540 e. The van der Waals surface area contributed by atoms with Crippen molar-refractivity contribution in [3.05, 3.63) is 271 Å². The first-order chi connectivity index (χ1) is 32.1. The van der Waals surface area contributed by atoms with Gasteiger partial charge in [0.15, 0.2) is 0 Å². The molecule has 306 valence electrons. The Morgan fingerprint density at radius 2 is 0.815 bits per heavy atom. The van der Waals surface area contributed by atoms with Crippen molar-refractivity contribution in [3.63, 3.8) is 0 Å². The normalized spacial score (nSPS) is 14.0. The highest BCUT2D eigenvalue weighted by Crippen LogP contribution is 2.55. The van der Waals surface area contributed by atoms with E-state index in [1.807, 2.05) is 0 Å². The molecule has 0 heterocycles. The quantitative estimate of drug-likeness (QED) is 0.147. The highest BCUT2D eigenvalue weighted by Gasteiger charge is 2.41. The van der Waals surface area contributed by atoms with Gasteiger partial charge in [-0.15, -0.1) is 0 Å². The molecule has 0 radical (unpaired) electrons. The number of nitrogens with zero attached hydrogens (tertiary/aromatic N) is 1. The minimum atomic E-state index is -0.269. The molecule has 1 aliphatic carbocycles. The molecule has 65 heavy (non-hydrogen) atoms. The van der Waals surface area contributed by atoms with Gasteiger partial charge in [-0.05, 0) is 138 Å². The molecule has 0 fully saturated rings. The van der Waals surface area contributed by atoms with Gasteiger partial charge in [-0.2, -0.15) is 0 Å². The fourth-order valence-corrected chi connectivity index (χ4v) is 10.5. The Labute approximate surface area is 381 Å². The lowest BCUT2D eigenvalue weighted by Gasteiger charge is -2.28. The zero-order chi connectivity index (χ0) is 43.3. The Hall–Kier alpha value is -8.26. The zero-order valence-electron chi connectivity index (χ0n) is 36.2. The second-order valence-electron chi connectivity index (χ2n) is 17.4. The van der Waals surface area contributed by atoms with Gasteiger partial charge in [0.1, 0.15) is 0 Å². The molecule has 0 spiro atoms. The van der Waals surface area contributed by atoms with Crippen molar-refractivity contribution in [2.45, 2.75) is 12.3 Å². The molecule has 0 N–H and O–H groups in total. The summed E-state index contributed by atoms with van der Waals surface area (Å²) in [5.74, 6) is 0. The number of fused-ring (bicyclic) bond motifs is 5. The smallest absolute Gasteiger partial charge is 0.0540 e. The van der Waals surface area contributed by atoms with E-state index in [1.54, 1.807) is 0 Å². The molecule has 0 amide bonds. The van der Waals surface area contributed by atoms with Gasteiger partial charge in [0.25, 0.3) is 0 Å². The number of anilines is 3. The van der Waals surface area contributed by atoms with Crippen LogP contribution in [0.25, 0.3) is 77.2 Å². The van der Waals surface area contributed by atoms with Crippen molar-refractivity contribution in [2.75, 3.05) is 4.90 Å². The molecule has 12 rings (SSSR count). The van der Waals surface area contributed by atoms with Crippen molar-refractivity contribution < 1.29 is 0 Å². The van der Waals surface area contributed by atoms with Crippen LogP contribution in [0.4, 0.5) is 17.1 Å². The van der Waals surface area contributed by atoms with E-state index in [1.165, 1.54) is 93.9 Å². The number of benzene rings is 11. The van der Waals surface area contributed by atoms with Crippen LogP contribution in [0.15, 0.2) is 255 Å². The fourth-order valence-electron chi connectivity index (χ4n) is 10.5. The molecule has 1 atom stereocenters. The molecule has 1 aliphatic rings. The fraction of sp³-hybridized carbons (Fsp3) is 0.0312. The predicted octanol–water partition coefficient (Wildman–Crippen LogP) is 17.5. The lowest BCUT2D eigenvalue weighted by atomic mass is 9.74. The summed E-state index contributed by atoms with van der Waals surface area (Å²) in [6.07, 6.45) is 0. The molecule has 0 aliphatic heterocycles. The zero-order valence-corrected chi connectivity index (χ0v) is 36.2. The summed E-state index contributed by atoms with van der Waals surface area (Å²) in [4.78, 5) is 2.43. The van der Waals surface area contributed by atoms with Crippen LogP contribution in [0, 0.1) is 0 Å². The molecular weight excluding hydrogens is 783 g/mol. The summed E-state index contributed by atoms with van der Waals surface area (Å²) in [5, 5.41) is 4.89. The van der Waals surface area contributed by atoms with Crippen LogP contribution in [0.2, 0.25) is 0 Å². The number of hydrogen-bond acceptors (Lipinski definition) is 1. The lowest BCUT2D eigenvalue weighted by molar-refractivity contribution is 0.714. The average Bonchev–Trinajstić information content (AvgIpc) is 3.65. The highest BCUT2D eigenvalue weighted by molar-refractivity contribution is 6.03. The molecule has 11 aromatic rings. The first-order valence-electron chi connectivity index (χ1n) is 22.6. The third-order valence-electron chi connectivity index (χ3n) is 13.8. The second kappa shape index (κ2) is 15.8. The molecule has 1 nitrogen and oxygen atoms in total. The standard InChI is InChI=1S/C64H45N/c1-64(52-23-6-3-7-24-52)60-29-11-10-26-58(60)63-57(28-15-30-61(63)64)51-33-32-47-20-14-31-62(59(47)43-51)65(54-40-36-48(37-41-54)56-27-13-19-46-18-8-9-25-55(46)56)53-38-34-45(35-39-53)50-22-12-21-49(42-50)44-16-4-2-5-17-44/h2-43H,1H3. The second-order valence-corrected chi connectivity index (χ2v) is 17.4. The first-order valence-corrected chi connectivity index (χ1v) is 22.6. The Morgan fingerprint density at radius 3 is 1.58 bits per heavy atom. The van der Waals surface area contributed by atoms with Gasteiger partial charge in [0.2, 0.25) is 0 Å². The highest BCUT2D eigenvalue weighted by atomic mass is 15.1. The van der Waals surface area contributed by atoms with E-state index in [9.17, 15) is 0 Å². The maximum atomic E-state index is 2.43. The van der Waals surface area contributed by atoms with Gasteiger partial charge >= 0.3 is 0 Å². The molecule has 0 saturated carbocycles. The molecular formula is C64H45N. The minimum absolute atomic E-state index is 0.269. The maximum absolute atomic E-state index is 2.43. The van der Waals surface area contributed by atoms with Crippen LogP contribution in [-0.2, 0) is 5.41 Å². The van der Waals surface area contributed by atoms with Crippen LogP contribution < -0.4 is 4.90 Å². The van der Waals surface area contributed by atoms with Crippen molar-refractivity contribution in [2.24, 2.45) is 0 Å². The van der Waals surface area contributed by atoms with Gasteiger partial charge in [-0.3, -0.25) is 0 Å². The third-order valence-corrected chi connectivity index (χ3v) is 13.8. The largest absolute Gasteiger partial charge is 0.310 e. The van der Waals surface area contributed by atoms with Crippen LogP contribution in [-0.4, -0.2) is 0 Å². The summed E-state index contributed by atoms with van der Waals surface area (Å²) in [5.41, 5.74) is 19.4. The van der Waals surface area contributed by atoms with E-state index in [-0.39, 0.29) is 5.41 Å². The Bertz CT molecular complexity index is 3530. The van der Waals surface area contributed by atoms with Gasteiger partial charge in [-0.25, -0.2) is 0 Å². The van der Waals surface area contributed by atoms with E-state index < -0.39 is 0 Å². The average molecular weight is 828 g/mol. The third kappa shape index (κ3) is 6.55. The van der Waals surface area contributed by atoms with Crippen LogP contribution in [0.5, 0.6) is 0 Å². The molecule has 0 saturated heterocycles. The van der Waals surface area contributed by atoms with Crippen molar-refractivity contribution in [1.29, 1.82) is 0 Å². The molecule has 11 aromatic carbocycles. The SMILES string of the molecule is CC1(c2ccccc2)c2ccccc2-c2c(-c3ccc4cccc(N(c5ccc(-c6cccc(-c7ccccc7)c6)cc5)c5ccc(-c6cccc7ccccc67)cc5)c4c3)cccc21. The van der Waals surface area contributed by atoms with E-state index in [0.717, 1.165) is 17.1 Å². The van der Waals surface area contributed by atoms with E-state index in [4.69, 9.17) is 0 Å². The molecule has 0 aromatic heterocycles. The topological polar surface area (TPSA) is 3.24 Å². The Kier molecular flexibility index (Phi) is 9.35. The van der Waals surface area contributed by atoms with E-state index >= 15 is 0 Å². The van der Waals surface area contributed by atoms with Crippen LogP contribution in [0.1, 0.15) is 23.6 Å². The predicted molar refractivity (Wildman–Crippen MR) is 275 cm³/mol. The number of rotatable bonds is 8. The monoisotopic (exact) mass is 827 g/mol. The molecule has 1 unspecified atom stereocenters. The van der Waals surface area contributed by atoms with Gasteiger partial charge in [0.05, 0.1) is 5.69 Å². The van der Waals surface area contributed by atoms with Crippen LogP contribution in [0.3, 0.4) is 0 Å². The summed E-state index contributed by atoms with van der Waals surface area (Å²) >= 11 is 0. The first kappa shape index (κ1) is 38.4. The summed E-state index contributed by atoms with van der Waals surface area (Å²) in [7, 11) is 0. The summed E-state index contributed by atoms with van der Waals surface area (Å²) in [6.45, 7) is 2.39. The minimum Gasteiger partial charge on any atom is -0.310 e. The summed E-state index contributed by atoms with van der Waals surface area (Å²) < 4.78 is 0. The lowest BCUT2D eigenvalue weighted by Crippen LogP contribution is -2.22. The molecule has 0 bridgehead atoms. The summed E-state index contributed by atoms with van der Waals surface area (Å²) in [6, 6.07) is 93.5. The van der Waals surface area contributed by atoms with Gasteiger partial charge < -0.3 is 4.90 Å². The van der Waals surface area contributed by atoms with Crippen molar-refractivity contribution >= 4 is 38.6 Å². The van der Waals surface area contributed by atoms with E-state index in [2.05, 4.69) is 267 Å². The van der Waals surface area contributed by atoms with Gasteiger partial charge in [-0.1, -0.05) is 212 Å².